The van der Waals surface area contributed by atoms with Gasteiger partial charge in [-0.15, -0.1) is 0 Å². The van der Waals surface area contributed by atoms with E-state index in [-0.39, 0.29) is 53.9 Å². The molecule has 0 radical (unpaired) electrons. The van der Waals surface area contributed by atoms with Crippen molar-refractivity contribution in [3.05, 3.63) is 109 Å². The minimum Gasteiger partial charge on any atom is -1.00 e. The summed E-state index contributed by atoms with van der Waals surface area (Å²) < 4.78 is 4.05. The highest BCUT2D eigenvalue weighted by atomic mass is 127. The minimum atomic E-state index is -0.200. The van der Waals surface area contributed by atoms with Crippen LogP contribution in [-0.2, 0) is 14.1 Å². The monoisotopic (exact) mass is 730 g/mol. The van der Waals surface area contributed by atoms with Crippen LogP contribution in [0.25, 0.3) is 10.9 Å². The third-order valence-electron chi connectivity index (χ3n) is 6.03. The molecule has 2 heterocycles. The molecule has 7 nitrogen and oxygen atoms in total. The lowest BCUT2D eigenvalue weighted by Gasteiger charge is -2.12. The molecular weight excluding hydrogens is 702 g/mol. The first-order valence-electron chi connectivity index (χ1n) is 11.6. The van der Waals surface area contributed by atoms with Gasteiger partial charge in [-0.2, -0.15) is 0 Å². The number of pyridine rings is 2. The summed E-state index contributed by atoms with van der Waals surface area (Å²) in [4.78, 5) is 12.8. The summed E-state index contributed by atoms with van der Waals surface area (Å²) in [6.07, 6.45) is 5.94. The van der Waals surface area contributed by atoms with E-state index in [0.717, 1.165) is 33.7 Å². The highest BCUT2D eigenvalue weighted by molar-refractivity contribution is 6.05. The number of anilines is 6. The lowest BCUT2D eigenvalue weighted by Crippen LogP contribution is -3.00. The van der Waals surface area contributed by atoms with Crippen LogP contribution in [-0.4, -0.2) is 5.91 Å². The van der Waals surface area contributed by atoms with E-state index in [1.54, 1.807) is 18.2 Å². The molecule has 0 atom stereocenters. The van der Waals surface area contributed by atoms with Gasteiger partial charge in [0.2, 0.25) is 5.52 Å². The Balaban J connectivity index is 0.00000200. The van der Waals surface area contributed by atoms with E-state index in [0.29, 0.717) is 16.9 Å². The molecule has 5 rings (SSSR count). The van der Waals surface area contributed by atoms with Crippen LogP contribution in [0.5, 0.6) is 0 Å². The SMILES string of the molecule is C[n+]1ccc(Nc2ccc(NC(=O)c3ccc(Nc4cc[n+](C)c5ccccc45)cc3)cc2N)cc1.[I-].[I-]. The van der Waals surface area contributed by atoms with Gasteiger partial charge < -0.3 is 69.6 Å². The van der Waals surface area contributed by atoms with Gasteiger partial charge in [0.1, 0.15) is 14.1 Å². The number of carbonyl (C=O) groups excluding carboxylic acids is 1. The number of benzene rings is 3. The van der Waals surface area contributed by atoms with Gasteiger partial charge >= 0.3 is 0 Å². The van der Waals surface area contributed by atoms with Crippen LogP contribution in [0.15, 0.2) is 104 Å². The number of nitrogens with zero attached hydrogens (tertiary/aromatic N) is 2. The van der Waals surface area contributed by atoms with Crippen LogP contribution in [0.4, 0.5) is 34.1 Å². The quantitative estimate of drug-likeness (QED) is 0.101. The van der Waals surface area contributed by atoms with E-state index in [1.165, 1.54) is 0 Å². The van der Waals surface area contributed by atoms with E-state index < -0.39 is 0 Å². The van der Waals surface area contributed by atoms with Gasteiger partial charge in [0, 0.05) is 41.2 Å². The molecule has 0 saturated carbocycles. The first-order chi connectivity index (χ1) is 17.5. The third-order valence-corrected chi connectivity index (χ3v) is 6.03. The fourth-order valence-corrected chi connectivity index (χ4v) is 4.03. The van der Waals surface area contributed by atoms with E-state index in [9.17, 15) is 4.79 Å². The number of para-hydroxylation sites is 1. The normalized spacial score (nSPS) is 10.2. The lowest BCUT2D eigenvalue weighted by atomic mass is 10.1. The van der Waals surface area contributed by atoms with Crippen LogP contribution in [0.1, 0.15) is 10.4 Å². The molecule has 9 heteroatoms. The van der Waals surface area contributed by atoms with E-state index >= 15 is 0 Å². The van der Waals surface area contributed by atoms with Crippen LogP contribution < -0.4 is 78.8 Å². The largest absolute Gasteiger partial charge is 1.00 e. The number of aryl methyl sites for hydroxylation is 2. The summed E-state index contributed by atoms with van der Waals surface area (Å²) in [5.74, 6) is -0.200. The van der Waals surface area contributed by atoms with Gasteiger partial charge in [-0.1, -0.05) is 12.1 Å². The molecule has 38 heavy (non-hydrogen) atoms. The van der Waals surface area contributed by atoms with Gasteiger partial charge in [-0.05, 0) is 48.5 Å². The molecular formula is C29H28I2N6O. The Morgan fingerprint density at radius 3 is 2.05 bits per heavy atom. The van der Waals surface area contributed by atoms with Crippen LogP contribution >= 0.6 is 0 Å². The molecule has 0 bridgehead atoms. The van der Waals surface area contributed by atoms with Crippen molar-refractivity contribution < 1.29 is 61.9 Å². The second kappa shape index (κ2) is 12.9. The predicted octanol–water partition coefficient (Wildman–Crippen LogP) is -1.18. The molecule has 5 aromatic rings. The van der Waals surface area contributed by atoms with Gasteiger partial charge in [-0.3, -0.25) is 4.79 Å². The van der Waals surface area contributed by atoms with Crippen molar-refractivity contribution in [2.24, 2.45) is 14.1 Å². The van der Waals surface area contributed by atoms with Gasteiger partial charge in [0.15, 0.2) is 18.6 Å². The van der Waals surface area contributed by atoms with Gasteiger partial charge in [-0.25, -0.2) is 9.13 Å². The molecule has 0 fully saturated rings. The van der Waals surface area contributed by atoms with E-state index in [2.05, 4.69) is 32.7 Å². The smallest absolute Gasteiger partial charge is 0.255 e. The molecule has 0 aliphatic heterocycles. The number of nitrogens with two attached hydrogens (primary N) is 1. The Labute approximate surface area is 256 Å². The Bertz CT molecular complexity index is 1560. The number of carbonyl (C=O) groups is 1. The maximum atomic E-state index is 12.8. The maximum absolute atomic E-state index is 12.8. The van der Waals surface area contributed by atoms with E-state index in [1.807, 2.05) is 91.9 Å². The lowest BCUT2D eigenvalue weighted by molar-refractivity contribution is -0.671. The Morgan fingerprint density at radius 2 is 1.34 bits per heavy atom. The number of nitrogen functional groups attached to an aromatic ring is 1. The third kappa shape index (κ3) is 6.70. The number of aromatic nitrogens is 2. The zero-order valence-corrected chi connectivity index (χ0v) is 25.3. The van der Waals surface area contributed by atoms with Crippen molar-refractivity contribution in [2.75, 3.05) is 21.7 Å². The van der Waals surface area contributed by atoms with Crippen molar-refractivity contribution in [2.45, 2.75) is 0 Å². The number of fused-ring (bicyclic) bond motifs is 1. The molecule has 0 spiro atoms. The second-order valence-electron chi connectivity index (χ2n) is 8.69. The minimum absolute atomic E-state index is 0. The fraction of sp³-hybridized carbons (Fsp3) is 0.0690. The van der Waals surface area contributed by atoms with Gasteiger partial charge in [0.05, 0.1) is 28.1 Å². The van der Waals surface area contributed by atoms with Crippen molar-refractivity contribution in [1.29, 1.82) is 0 Å². The summed E-state index contributed by atoms with van der Waals surface area (Å²) in [6.45, 7) is 0. The van der Waals surface area contributed by atoms with Crippen molar-refractivity contribution in [1.82, 2.24) is 0 Å². The highest BCUT2D eigenvalue weighted by Crippen LogP contribution is 2.27. The summed E-state index contributed by atoms with van der Waals surface area (Å²) in [5, 5.41) is 10.8. The number of halogens is 2. The summed E-state index contributed by atoms with van der Waals surface area (Å²) in [5.41, 5.74) is 12.7. The number of hydrogen-bond acceptors (Lipinski definition) is 4. The summed E-state index contributed by atoms with van der Waals surface area (Å²) in [6, 6.07) is 27.1. The van der Waals surface area contributed by atoms with Crippen molar-refractivity contribution >= 4 is 50.9 Å². The maximum Gasteiger partial charge on any atom is 0.255 e. The standard InChI is InChI=1S/C29H26N6O.2HI/c1-34-16-13-22(14-17-34)32-27-12-11-23(19-25(27)30)33-29(36)20-7-9-21(10-8-20)31-26-15-18-35(2)28-6-4-3-5-24(26)28;;/h3-19H,30H2,1-2H3,(H,33,36);2*1H. The van der Waals surface area contributed by atoms with Crippen LogP contribution in [0.3, 0.4) is 0 Å². The molecule has 194 valence electrons. The molecule has 1 amide bonds. The Kier molecular flexibility index (Phi) is 9.86. The molecule has 0 saturated heterocycles. The fourth-order valence-electron chi connectivity index (χ4n) is 4.03. The first kappa shape index (κ1) is 29.1. The zero-order valence-electron chi connectivity index (χ0n) is 21.0. The first-order valence-corrected chi connectivity index (χ1v) is 11.6. The number of nitrogens with one attached hydrogen (secondary N) is 3. The second-order valence-corrected chi connectivity index (χ2v) is 8.69. The molecule has 0 aliphatic carbocycles. The Morgan fingerprint density at radius 1 is 0.711 bits per heavy atom. The van der Waals surface area contributed by atoms with Gasteiger partial charge in [0.25, 0.3) is 5.91 Å². The van der Waals surface area contributed by atoms with Crippen LogP contribution in [0, 0.1) is 0 Å². The summed E-state index contributed by atoms with van der Waals surface area (Å²) in [7, 11) is 3.99. The highest BCUT2D eigenvalue weighted by Gasteiger charge is 2.11. The number of amides is 1. The number of rotatable bonds is 6. The summed E-state index contributed by atoms with van der Waals surface area (Å²) >= 11 is 0. The topological polar surface area (TPSA) is 86.9 Å². The molecule has 3 aromatic carbocycles. The molecule has 0 unspecified atom stereocenters. The van der Waals surface area contributed by atoms with Crippen molar-refractivity contribution in [3.8, 4) is 0 Å². The van der Waals surface area contributed by atoms with E-state index in [4.69, 9.17) is 5.73 Å². The Hall–Kier alpha value is -3.45. The molecule has 2 aromatic heterocycles. The average molecular weight is 730 g/mol. The predicted molar refractivity (Wildman–Crippen MR) is 145 cm³/mol. The van der Waals surface area contributed by atoms with Crippen molar-refractivity contribution in [3.63, 3.8) is 0 Å². The molecule has 5 N–H and O–H groups in total. The molecule has 0 aliphatic rings. The zero-order chi connectivity index (χ0) is 25.1. The number of hydrogen-bond donors (Lipinski definition) is 4. The average Bonchev–Trinajstić information content (AvgIpc) is 2.89. The van der Waals surface area contributed by atoms with Crippen LogP contribution in [0.2, 0.25) is 0 Å².